The fourth-order valence-corrected chi connectivity index (χ4v) is 5.33. The van der Waals surface area contributed by atoms with Crippen molar-refractivity contribution in [3.05, 3.63) is 89.0 Å². The summed E-state index contributed by atoms with van der Waals surface area (Å²) in [5, 5.41) is 11.7. The molecular weight excluding hydrogens is 516 g/mol. The summed E-state index contributed by atoms with van der Waals surface area (Å²) < 4.78 is 11.3. The minimum Gasteiger partial charge on any atom is -0.507 e. The molecule has 7 nitrogen and oxygen atoms in total. The van der Waals surface area contributed by atoms with Crippen LogP contribution < -0.4 is 19.3 Å². The summed E-state index contributed by atoms with van der Waals surface area (Å²) in [6.45, 7) is 14.5. The Bertz CT molecular complexity index is 1450. The van der Waals surface area contributed by atoms with Crippen LogP contribution in [0.25, 0.3) is 5.76 Å². The molecule has 1 atom stereocenters. The number of hydrogen-bond acceptors (Lipinski definition) is 6. The van der Waals surface area contributed by atoms with Crippen LogP contribution in [0.2, 0.25) is 0 Å². The van der Waals surface area contributed by atoms with E-state index in [1.807, 2.05) is 43.3 Å². The van der Waals surface area contributed by atoms with Crippen molar-refractivity contribution in [2.75, 3.05) is 36.6 Å². The van der Waals surface area contributed by atoms with Gasteiger partial charge in [-0.25, -0.2) is 0 Å². The fourth-order valence-electron chi connectivity index (χ4n) is 5.33. The average Bonchev–Trinajstić information content (AvgIpc) is 3.23. The summed E-state index contributed by atoms with van der Waals surface area (Å²) in [4.78, 5) is 31.0. The van der Waals surface area contributed by atoms with Crippen molar-refractivity contribution in [3.63, 3.8) is 0 Å². The Hall–Kier alpha value is -4.26. The van der Waals surface area contributed by atoms with Crippen LogP contribution in [-0.4, -0.2) is 43.6 Å². The third-order valence-corrected chi connectivity index (χ3v) is 7.47. The van der Waals surface area contributed by atoms with Gasteiger partial charge >= 0.3 is 0 Å². The van der Waals surface area contributed by atoms with Gasteiger partial charge in [-0.05, 0) is 74.2 Å². The van der Waals surface area contributed by atoms with E-state index >= 15 is 0 Å². The molecule has 1 aliphatic rings. The van der Waals surface area contributed by atoms with Crippen molar-refractivity contribution >= 4 is 28.8 Å². The standard InChI is InChI=1S/C34H40N2O5/c1-8-35(9-2)24-17-14-22(15-18-24)30-29(32(38)33(39)36(30)25-12-11-13-26(21-25)40-7)31(37)23-16-19-28(41-10-3)27(20-23)34(4,5)6/h11-21,30,37H,8-10H2,1-7H3/b31-29-. The van der Waals surface area contributed by atoms with Crippen molar-refractivity contribution in [3.8, 4) is 11.5 Å². The van der Waals surface area contributed by atoms with E-state index in [-0.39, 0.29) is 16.7 Å². The van der Waals surface area contributed by atoms with E-state index in [1.54, 1.807) is 37.4 Å². The van der Waals surface area contributed by atoms with Crippen LogP contribution >= 0.6 is 0 Å². The molecule has 3 aromatic rings. The number of hydrogen-bond donors (Lipinski definition) is 1. The van der Waals surface area contributed by atoms with Gasteiger partial charge in [0.15, 0.2) is 0 Å². The molecule has 0 aromatic heterocycles. The number of benzene rings is 3. The molecule has 1 saturated heterocycles. The molecule has 1 aliphatic heterocycles. The zero-order valence-corrected chi connectivity index (χ0v) is 25.0. The van der Waals surface area contributed by atoms with Gasteiger partial charge in [0.25, 0.3) is 11.7 Å². The van der Waals surface area contributed by atoms with E-state index in [0.717, 1.165) is 30.1 Å². The van der Waals surface area contributed by atoms with Crippen LogP contribution in [0.4, 0.5) is 11.4 Å². The topological polar surface area (TPSA) is 79.3 Å². The molecule has 3 aromatic carbocycles. The smallest absolute Gasteiger partial charge is 0.300 e. The fraction of sp³-hybridized carbons (Fsp3) is 0.353. The Kier molecular flexibility index (Phi) is 8.76. The highest BCUT2D eigenvalue weighted by atomic mass is 16.5. The molecule has 1 N–H and O–H groups in total. The second-order valence-corrected chi connectivity index (χ2v) is 11.0. The number of nitrogens with zero attached hydrogens (tertiary/aromatic N) is 2. The lowest BCUT2D eigenvalue weighted by atomic mass is 9.84. The molecular formula is C34H40N2O5. The van der Waals surface area contributed by atoms with Gasteiger partial charge in [0.05, 0.1) is 25.3 Å². The first-order valence-electron chi connectivity index (χ1n) is 14.1. The quantitative estimate of drug-likeness (QED) is 0.176. The molecule has 0 saturated carbocycles. The normalized spacial score (nSPS) is 16.7. The highest BCUT2D eigenvalue weighted by molar-refractivity contribution is 6.51. The number of carbonyl (C=O) groups is 2. The molecule has 1 fully saturated rings. The first-order valence-corrected chi connectivity index (χ1v) is 14.1. The van der Waals surface area contributed by atoms with E-state index < -0.39 is 17.7 Å². The number of aliphatic hydroxyl groups excluding tert-OH is 1. The van der Waals surface area contributed by atoms with Crippen molar-refractivity contribution in [1.29, 1.82) is 0 Å². The summed E-state index contributed by atoms with van der Waals surface area (Å²) in [5.41, 5.74) is 3.36. The molecule has 0 bridgehead atoms. The molecule has 1 amide bonds. The SMILES string of the molecule is CCOc1ccc(/C(O)=C2/C(=O)C(=O)N(c3cccc(OC)c3)C2c2ccc(N(CC)CC)cc2)cc1C(C)(C)C. The zero-order valence-electron chi connectivity index (χ0n) is 25.0. The third-order valence-electron chi connectivity index (χ3n) is 7.47. The number of methoxy groups -OCH3 is 1. The van der Waals surface area contributed by atoms with E-state index in [1.165, 1.54) is 4.90 Å². The molecule has 41 heavy (non-hydrogen) atoms. The van der Waals surface area contributed by atoms with Crippen molar-refractivity contribution in [1.82, 2.24) is 0 Å². The Morgan fingerprint density at radius 1 is 0.951 bits per heavy atom. The minimum absolute atomic E-state index is 0.0393. The molecule has 1 unspecified atom stereocenters. The zero-order chi connectivity index (χ0) is 29.9. The number of rotatable bonds is 9. The monoisotopic (exact) mass is 556 g/mol. The highest BCUT2D eigenvalue weighted by Gasteiger charge is 2.47. The summed E-state index contributed by atoms with van der Waals surface area (Å²) in [7, 11) is 1.55. The van der Waals surface area contributed by atoms with Gasteiger partial charge < -0.3 is 19.5 Å². The minimum atomic E-state index is -0.836. The number of ketones is 1. The van der Waals surface area contributed by atoms with Crippen LogP contribution in [0, 0.1) is 0 Å². The average molecular weight is 557 g/mol. The largest absolute Gasteiger partial charge is 0.507 e. The number of aliphatic hydroxyl groups is 1. The van der Waals surface area contributed by atoms with Crippen molar-refractivity contribution < 1.29 is 24.2 Å². The summed E-state index contributed by atoms with van der Waals surface area (Å²) in [6, 6.07) is 19.4. The Morgan fingerprint density at radius 3 is 2.22 bits per heavy atom. The van der Waals surface area contributed by atoms with Crippen LogP contribution in [-0.2, 0) is 15.0 Å². The van der Waals surface area contributed by atoms with E-state index in [4.69, 9.17) is 9.47 Å². The van der Waals surface area contributed by atoms with Gasteiger partial charge in [-0.3, -0.25) is 14.5 Å². The molecule has 4 rings (SSSR count). The predicted molar refractivity (Wildman–Crippen MR) is 164 cm³/mol. The van der Waals surface area contributed by atoms with E-state index in [0.29, 0.717) is 29.2 Å². The molecule has 0 spiro atoms. The van der Waals surface area contributed by atoms with Crippen LogP contribution in [0.3, 0.4) is 0 Å². The number of carbonyl (C=O) groups excluding carboxylic acids is 2. The number of ether oxygens (including phenoxy) is 2. The highest BCUT2D eigenvalue weighted by Crippen LogP contribution is 2.44. The maximum Gasteiger partial charge on any atom is 0.300 e. The first-order chi connectivity index (χ1) is 19.5. The van der Waals surface area contributed by atoms with Crippen LogP contribution in [0.15, 0.2) is 72.3 Å². The number of Topliss-reactive ketones (excluding diaryl/α,β-unsaturated/α-hetero) is 1. The predicted octanol–water partition coefficient (Wildman–Crippen LogP) is 6.86. The van der Waals surface area contributed by atoms with Crippen molar-refractivity contribution in [2.24, 2.45) is 0 Å². The lowest BCUT2D eigenvalue weighted by molar-refractivity contribution is -0.132. The van der Waals surface area contributed by atoms with Crippen LogP contribution in [0.1, 0.15) is 64.3 Å². The maximum absolute atomic E-state index is 13.7. The molecule has 216 valence electrons. The lowest BCUT2D eigenvalue weighted by Gasteiger charge is -2.27. The molecule has 0 radical (unpaired) electrons. The maximum atomic E-state index is 13.7. The number of anilines is 2. The van der Waals surface area contributed by atoms with Gasteiger partial charge in [-0.15, -0.1) is 0 Å². The summed E-state index contributed by atoms with van der Waals surface area (Å²) in [6.07, 6.45) is 0. The Morgan fingerprint density at radius 2 is 1.63 bits per heavy atom. The van der Waals surface area contributed by atoms with Gasteiger partial charge in [0.1, 0.15) is 17.3 Å². The third kappa shape index (κ3) is 5.80. The van der Waals surface area contributed by atoms with Crippen molar-refractivity contribution in [2.45, 2.75) is 53.0 Å². The number of amides is 1. The van der Waals surface area contributed by atoms with Crippen LogP contribution in [0.5, 0.6) is 11.5 Å². The summed E-state index contributed by atoms with van der Waals surface area (Å²) >= 11 is 0. The second kappa shape index (κ2) is 12.1. The van der Waals surface area contributed by atoms with Gasteiger partial charge in [-0.2, -0.15) is 0 Å². The first kappa shape index (κ1) is 29.7. The van der Waals surface area contributed by atoms with E-state index in [9.17, 15) is 14.7 Å². The second-order valence-electron chi connectivity index (χ2n) is 11.0. The molecule has 0 aliphatic carbocycles. The Balaban J connectivity index is 1.93. The molecule has 1 heterocycles. The molecule has 7 heteroatoms. The lowest BCUT2D eigenvalue weighted by Crippen LogP contribution is -2.29. The van der Waals surface area contributed by atoms with Gasteiger partial charge in [0.2, 0.25) is 0 Å². The Labute approximate surface area is 243 Å². The van der Waals surface area contributed by atoms with E-state index in [2.05, 4.69) is 39.5 Å². The summed E-state index contributed by atoms with van der Waals surface area (Å²) in [5.74, 6) is -0.396. The van der Waals surface area contributed by atoms with Gasteiger partial charge in [-0.1, -0.05) is 39.0 Å². The van der Waals surface area contributed by atoms with Gasteiger partial charge in [0, 0.05) is 41.7 Å².